The van der Waals surface area contributed by atoms with E-state index >= 15 is 0 Å². The number of ether oxygens (including phenoxy) is 2. The number of rotatable bonds is 7. The molecule has 0 saturated carbocycles. The molecule has 86 valence electrons. The number of hydrogen-bond donors (Lipinski definition) is 2. The molecule has 0 aliphatic rings. The van der Waals surface area contributed by atoms with Crippen LogP contribution < -0.4 is 11.3 Å². The molecule has 1 unspecified atom stereocenters. The van der Waals surface area contributed by atoms with Crippen molar-refractivity contribution in [1.82, 2.24) is 5.43 Å². The summed E-state index contributed by atoms with van der Waals surface area (Å²) < 4.78 is 16.1. The number of hydrogen-bond acceptors (Lipinski definition) is 5. The van der Waals surface area contributed by atoms with E-state index in [9.17, 15) is 0 Å². The van der Waals surface area contributed by atoms with E-state index in [1.807, 2.05) is 19.9 Å². The monoisotopic (exact) mass is 214 g/mol. The van der Waals surface area contributed by atoms with Crippen LogP contribution in [0.5, 0.6) is 0 Å². The molecule has 0 saturated heterocycles. The average Bonchev–Trinajstić information content (AvgIpc) is 2.73. The summed E-state index contributed by atoms with van der Waals surface area (Å²) in [5, 5.41) is 0. The molecule has 0 aromatic carbocycles. The van der Waals surface area contributed by atoms with Crippen molar-refractivity contribution in [2.24, 2.45) is 5.84 Å². The molecule has 0 spiro atoms. The lowest BCUT2D eigenvalue weighted by Gasteiger charge is -2.24. The van der Waals surface area contributed by atoms with E-state index in [-0.39, 0.29) is 6.04 Å². The van der Waals surface area contributed by atoms with Gasteiger partial charge in [-0.1, -0.05) is 0 Å². The molecule has 1 heterocycles. The summed E-state index contributed by atoms with van der Waals surface area (Å²) >= 11 is 0. The molecule has 0 radical (unpaired) electrons. The zero-order valence-corrected chi connectivity index (χ0v) is 9.10. The third-order valence-corrected chi connectivity index (χ3v) is 1.96. The van der Waals surface area contributed by atoms with Gasteiger partial charge in [0.25, 0.3) is 0 Å². The van der Waals surface area contributed by atoms with Crippen molar-refractivity contribution in [1.29, 1.82) is 0 Å². The Hall–Kier alpha value is -0.880. The fourth-order valence-electron chi connectivity index (χ4n) is 1.33. The van der Waals surface area contributed by atoms with Crippen LogP contribution >= 0.6 is 0 Å². The Balaban J connectivity index is 2.69. The van der Waals surface area contributed by atoms with Crippen LogP contribution in [-0.2, 0) is 9.47 Å². The molecular weight excluding hydrogens is 196 g/mol. The molecule has 15 heavy (non-hydrogen) atoms. The van der Waals surface area contributed by atoms with Gasteiger partial charge in [0.15, 0.2) is 6.29 Å². The maximum absolute atomic E-state index is 5.46. The Morgan fingerprint density at radius 1 is 1.40 bits per heavy atom. The molecular formula is C10H18N2O3. The zero-order chi connectivity index (χ0) is 11.1. The van der Waals surface area contributed by atoms with E-state index in [1.165, 1.54) is 0 Å². The Morgan fingerprint density at radius 2 is 2.07 bits per heavy atom. The molecule has 1 rings (SSSR count). The largest absolute Gasteiger partial charge is 0.467 e. The summed E-state index contributed by atoms with van der Waals surface area (Å²) in [4.78, 5) is 0. The van der Waals surface area contributed by atoms with Gasteiger partial charge in [0, 0.05) is 13.2 Å². The van der Waals surface area contributed by atoms with Gasteiger partial charge in [-0.05, 0) is 26.0 Å². The summed E-state index contributed by atoms with van der Waals surface area (Å²) in [5.41, 5.74) is 2.63. The molecule has 0 amide bonds. The number of hydrazine groups is 1. The van der Waals surface area contributed by atoms with Crippen LogP contribution in [0.2, 0.25) is 0 Å². The van der Waals surface area contributed by atoms with Gasteiger partial charge in [-0.3, -0.25) is 5.84 Å². The number of nitrogens with two attached hydrogens (primary N) is 1. The van der Waals surface area contributed by atoms with Crippen LogP contribution in [0, 0.1) is 0 Å². The van der Waals surface area contributed by atoms with Gasteiger partial charge < -0.3 is 13.9 Å². The van der Waals surface area contributed by atoms with Crippen LogP contribution in [0.25, 0.3) is 0 Å². The van der Waals surface area contributed by atoms with Gasteiger partial charge in [-0.2, -0.15) is 0 Å². The van der Waals surface area contributed by atoms with Crippen LogP contribution in [0.4, 0.5) is 0 Å². The summed E-state index contributed by atoms with van der Waals surface area (Å²) in [7, 11) is 0. The molecule has 5 heteroatoms. The quantitative estimate of drug-likeness (QED) is 0.405. The van der Waals surface area contributed by atoms with Gasteiger partial charge >= 0.3 is 0 Å². The first-order valence-electron chi connectivity index (χ1n) is 5.06. The van der Waals surface area contributed by atoms with Crippen molar-refractivity contribution in [2.75, 3.05) is 13.2 Å². The predicted molar refractivity (Wildman–Crippen MR) is 55.8 cm³/mol. The van der Waals surface area contributed by atoms with Crippen molar-refractivity contribution in [3.8, 4) is 0 Å². The van der Waals surface area contributed by atoms with Gasteiger partial charge in [0.05, 0.1) is 6.26 Å². The highest BCUT2D eigenvalue weighted by molar-refractivity contribution is 5.05. The first-order chi connectivity index (χ1) is 7.33. The zero-order valence-electron chi connectivity index (χ0n) is 9.10. The first-order valence-corrected chi connectivity index (χ1v) is 5.06. The number of furan rings is 1. The topological polar surface area (TPSA) is 69.7 Å². The molecule has 1 atom stereocenters. The average molecular weight is 214 g/mol. The second-order valence-corrected chi connectivity index (χ2v) is 2.94. The fourth-order valence-corrected chi connectivity index (χ4v) is 1.33. The van der Waals surface area contributed by atoms with E-state index in [4.69, 9.17) is 19.7 Å². The van der Waals surface area contributed by atoms with Gasteiger partial charge in [-0.25, -0.2) is 5.43 Å². The van der Waals surface area contributed by atoms with Crippen LogP contribution in [-0.4, -0.2) is 19.5 Å². The highest BCUT2D eigenvalue weighted by Crippen LogP contribution is 2.19. The summed E-state index contributed by atoms with van der Waals surface area (Å²) in [6.07, 6.45) is 1.16. The van der Waals surface area contributed by atoms with Crippen molar-refractivity contribution >= 4 is 0 Å². The van der Waals surface area contributed by atoms with Crippen molar-refractivity contribution < 1.29 is 13.9 Å². The van der Waals surface area contributed by atoms with Crippen molar-refractivity contribution in [2.45, 2.75) is 26.2 Å². The van der Waals surface area contributed by atoms with Crippen LogP contribution in [0.15, 0.2) is 22.8 Å². The minimum absolute atomic E-state index is 0.292. The molecule has 1 aromatic rings. The third-order valence-electron chi connectivity index (χ3n) is 1.96. The smallest absolute Gasteiger partial charge is 0.181 e. The first kappa shape index (κ1) is 12.2. The maximum atomic E-state index is 5.46. The molecule has 0 aliphatic heterocycles. The van der Waals surface area contributed by atoms with E-state index in [0.717, 1.165) is 0 Å². The van der Waals surface area contributed by atoms with Crippen LogP contribution in [0.1, 0.15) is 25.6 Å². The van der Waals surface area contributed by atoms with E-state index in [1.54, 1.807) is 12.3 Å². The van der Waals surface area contributed by atoms with E-state index in [2.05, 4.69) is 5.43 Å². The highest BCUT2D eigenvalue weighted by atomic mass is 16.7. The Morgan fingerprint density at radius 3 is 2.47 bits per heavy atom. The lowest BCUT2D eigenvalue weighted by atomic mass is 10.2. The second kappa shape index (κ2) is 6.58. The van der Waals surface area contributed by atoms with Crippen molar-refractivity contribution in [3.05, 3.63) is 24.2 Å². The molecule has 0 bridgehead atoms. The summed E-state index contributed by atoms with van der Waals surface area (Å²) in [6, 6.07) is 3.34. The van der Waals surface area contributed by atoms with Gasteiger partial charge in [0.2, 0.25) is 0 Å². The molecule has 1 aromatic heterocycles. The van der Waals surface area contributed by atoms with E-state index in [0.29, 0.717) is 19.0 Å². The summed E-state index contributed by atoms with van der Waals surface area (Å²) in [6.45, 7) is 4.93. The Bertz CT molecular complexity index is 245. The second-order valence-electron chi connectivity index (χ2n) is 2.94. The number of nitrogens with one attached hydrogen (secondary N) is 1. The Labute approximate surface area is 89.5 Å². The SMILES string of the molecule is CCOC(OCC)C(NN)c1ccco1. The lowest BCUT2D eigenvalue weighted by Crippen LogP contribution is -2.39. The minimum Gasteiger partial charge on any atom is -0.467 e. The predicted octanol–water partition coefficient (Wildman–Crippen LogP) is 1.18. The molecule has 0 aliphatic carbocycles. The molecule has 5 nitrogen and oxygen atoms in total. The fraction of sp³-hybridized carbons (Fsp3) is 0.600. The maximum Gasteiger partial charge on any atom is 0.181 e. The normalized spacial score (nSPS) is 13.3. The van der Waals surface area contributed by atoms with Gasteiger partial charge in [0.1, 0.15) is 11.8 Å². The van der Waals surface area contributed by atoms with Gasteiger partial charge in [-0.15, -0.1) is 0 Å². The molecule has 0 fully saturated rings. The Kier molecular flexibility index (Phi) is 5.34. The standard InChI is InChI=1S/C10H18N2O3/c1-3-13-10(14-4-2)9(12-11)8-6-5-7-15-8/h5-7,9-10,12H,3-4,11H2,1-2H3. The van der Waals surface area contributed by atoms with Crippen molar-refractivity contribution in [3.63, 3.8) is 0 Å². The van der Waals surface area contributed by atoms with E-state index < -0.39 is 6.29 Å². The minimum atomic E-state index is -0.434. The van der Waals surface area contributed by atoms with Crippen LogP contribution in [0.3, 0.4) is 0 Å². The highest BCUT2D eigenvalue weighted by Gasteiger charge is 2.25. The molecule has 3 N–H and O–H groups in total. The third kappa shape index (κ3) is 3.32. The summed E-state index contributed by atoms with van der Waals surface area (Å²) in [5.74, 6) is 6.15. The lowest BCUT2D eigenvalue weighted by molar-refractivity contribution is -0.158.